The Morgan fingerprint density at radius 3 is 2.30 bits per heavy atom. The molecule has 0 heterocycles. The van der Waals surface area contributed by atoms with Crippen molar-refractivity contribution in [2.45, 2.75) is 33.6 Å². The summed E-state index contributed by atoms with van der Waals surface area (Å²) in [7, 11) is 3.12. The van der Waals surface area contributed by atoms with E-state index in [4.69, 9.17) is 21.1 Å². The quantitative estimate of drug-likeness (QED) is 0.872. The molecule has 1 rings (SSSR count). The number of hydrogen-bond acceptors (Lipinski definition) is 3. The first kappa shape index (κ1) is 16.6. The Hall–Kier alpha value is -1.42. The number of rotatable bonds is 6. The van der Waals surface area contributed by atoms with E-state index in [1.165, 1.54) is 0 Å². The van der Waals surface area contributed by atoms with E-state index in [1.54, 1.807) is 34.1 Å². The van der Waals surface area contributed by atoms with E-state index < -0.39 is 11.4 Å². The monoisotopic (exact) mass is 300 g/mol. The van der Waals surface area contributed by atoms with Gasteiger partial charge in [0.25, 0.3) is 0 Å². The van der Waals surface area contributed by atoms with Crippen LogP contribution in [0.1, 0.15) is 31.9 Å². The molecule has 0 amide bonds. The van der Waals surface area contributed by atoms with Gasteiger partial charge in [0.15, 0.2) is 11.5 Å². The van der Waals surface area contributed by atoms with E-state index in [9.17, 15) is 9.90 Å². The highest BCUT2D eigenvalue weighted by atomic mass is 35.5. The SMILES string of the molecule is CCc1c(CC(C)(C)C(=O)O)c(Cl)cc(OC)c1OC. The van der Waals surface area contributed by atoms with Crippen molar-refractivity contribution in [2.24, 2.45) is 5.41 Å². The summed E-state index contributed by atoms with van der Waals surface area (Å²) in [6.45, 7) is 5.34. The van der Waals surface area contributed by atoms with Crippen LogP contribution in [0.3, 0.4) is 0 Å². The maximum Gasteiger partial charge on any atom is 0.309 e. The predicted molar refractivity (Wildman–Crippen MR) is 79.1 cm³/mol. The van der Waals surface area contributed by atoms with Crippen LogP contribution in [0, 0.1) is 5.41 Å². The van der Waals surface area contributed by atoms with E-state index in [0.717, 1.165) is 11.1 Å². The van der Waals surface area contributed by atoms with Gasteiger partial charge in [0.05, 0.1) is 19.6 Å². The number of carboxylic acids is 1. The van der Waals surface area contributed by atoms with Crippen molar-refractivity contribution in [2.75, 3.05) is 14.2 Å². The molecule has 1 aromatic carbocycles. The predicted octanol–water partition coefficient (Wildman–Crippen LogP) is 3.57. The molecule has 0 aliphatic heterocycles. The number of aliphatic carboxylic acids is 1. The minimum Gasteiger partial charge on any atom is -0.493 e. The van der Waals surface area contributed by atoms with Gasteiger partial charge in [0.1, 0.15) is 0 Å². The van der Waals surface area contributed by atoms with Gasteiger partial charge in [-0.05, 0) is 32.3 Å². The first-order valence-corrected chi connectivity index (χ1v) is 6.81. The summed E-state index contributed by atoms with van der Waals surface area (Å²) in [6, 6.07) is 1.67. The summed E-state index contributed by atoms with van der Waals surface area (Å²) in [5.41, 5.74) is 0.804. The molecule has 1 aromatic rings. The van der Waals surface area contributed by atoms with Gasteiger partial charge in [0.2, 0.25) is 0 Å². The molecule has 0 aliphatic carbocycles. The normalized spacial score (nSPS) is 11.3. The average molecular weight is 301 g/mol. The van der Waals surface area contributed by atoms with E-state index in [2.05, 4.69) is 0 Å². The number of halogens is 1. The summed E-state index contributed by atoms with van der Waals surface area (Å²) in [5, 5.41) is 9.79. The highest BCUT2D eigenvalue weighted by Crippen LogP contribution is 2.40. The largest absolute Gasteiger partial charge is 0.493 e. The van der Waals surface area contributed by atoms with Crippen LogP contribution in [0.2, 0.25) is 5.02 Å². The maximum atomic E-state index is 11.3. The van der Waals surface area contributed by atoms with Crippen molar-refractivity contribution >= 4 is 17.6 Å². The van der Waals surface area contributed by atoms with Crippen LogP contribution in [0.5, 0.6) is 11.5 Å². The Morgan fingerprint density at radius 2 is 1.90 bits per heavy atom. The molecule has 0 atom stereocenters. The smallest absolute Gasteiger partial charge is 0.309 e. The Kier molecular flexibility index (Phi) is 5.28. The van der Waals surface area contributed by atoms with Crippen molar-refractivity contribution < 1.29 is 19.4 Å². The molecule has 112 valence electrons. The molecular weight excluding hydrogens is 280 g/mol. The van der Waals surface area contributed by atoms with Crippen LogP contribution >= 0.6 is 11.6 Å². The van der Waals surface area contributed by atoms with E-state index in [0.29, 0.717) is 29.4 Å². The second kappa shape index (κ2) is 6.35. The van der Waals surface area contributed by atoms with Crippen LogP contribution in [0.15, 0.2) is 6.07 Å². The summed E-state index contributed by atoms with van der Waals surface area (Å²) in [5.74, 6) is 0.326. The lowest BCUT2D eigenvalue weighted by Gasteiger charge is -2.24. The fraction of sp³-hybridized carbons (Fsp3) is 0.533. The van der Waals surface area contributed by atoms with Crippen LogP contribution in [0.4, 0.5) is 0 Å². The lowest BCUT2D eigenvalue weighted by molar-refractivity contribution is -0.146. The number of benzene rings is 1. The molecule has 0 saturated carbocycles. The van der Waals surface area contributed by atoms with Gasteiger partial charge in [0, 0.05) is 16.7 Å². The second-order valence-electron chi connectivity index (χ2n) is 5.27. The standard InChI is InChI=1S/C15H21ClO4/c1-6-9-10(8-15(2,3)14(17)18)11(16)7-12(19-4)13(9)20-5/h7H,6,8H2,1-5H3,(H,17,18). The fourth-order valence-electron chi connectivity index (χ4n) is 2.16. The molecule has 0 bridgehead atoms. The third-order valence-electron chi connectivity index (χ3n) is 3.38. The molecule has 1 N–H and O–H groups in total. The van der Waals surface area contributed by atoms with Crippen molar-refractivity contribution in [3.05, 3.63) is 22.2 Å². The molecule has 0 fully saturated rings. The number of methoxy groups -OCH3 is 2. The Bertz CT molecular complexity index is 509. The highest BCUT2D eigenvalue weighted by Gasteiger charge is 2.30. The van der Waals surface area contributed by atoms with E-state index >= 15 is 0 Å². The average Bonchev–Trinajstić information content (AvgIpc) is 2.39. The lowest BCUT2D eigenvalue weighted by atomic mass is 9.83. The second-order valence-corrected chi connectivity index (χ2v) is 5.68. The molecule has 0 radical (unpaired) electrons. The number of carboxylic acid groups (broad SMARTS) is 1. The summed E-state index contributed by atoms with van der Waals surface area (Å²) >= 11 is 6.30. The zero-order valence-corrected chi connectivity index (χ0v) is 13.3. The molecule has 0 saturated heterocycles. The molecule has 0 aliphatic rings. The Balaban J connectivity index is 3.43. The topological polar surface area (TPSA) is 55.8 Å². The number of carbonyl (C=O) groups is 1. The van der Waals surface area contributed by atoms with E-state index in [1.807, 2.05) is 6.92 Å². The van der Waals surface area contributed by atoms with Gasteiger partial charge in [-0.15, -0.1) is 0 Å². The minimum atomic E-state index is -0.896. The van der Waals surface area contributed by atoms with Gasteiger partial charge in [-0.25, -0.2) is 0 Å². The van der Waals surface area contributed by atoms with Gasteiger partial charge < -0.3 is 14.6 Å². The minimum absolute atomic E-state index is 0.338. The van der Waals surface area contributed by atoms with E-state index in [-0.39, 0.29) is 0 Å². The third-order valence-corrected chi connectivity index (χ3v) is 3.72. The molecule has 0 spiro atoms. The van der Waals surface area contributed by atoms with Crippen molar-refractivity contribution in [3.8, 4) is 11.5 Å². The van der Waals surface area contributed by atoms with Crippen molar-refractivity contribution in [3.63, 3.8) is 0 Å². The first-order valence-electron chi connectivity index (χ1n) is 6.44. The molecule has 0 aromatic heterocycles. The van der Waals surface area contributed by atoms with Gasteiger partial charge in [-0.2, -0.15) is 0 Å². The molecule has 0 unspecified atom stereocenters. The summed E-state index contributed by atoms with van der Waals surface area (Å²) in [4.78, 5) is 11.3. The van der Waals surface area contributed by atoms with Crippen LogP contribution < -0.4 is 9.47 Å². The van der Waals surface area contributed by atoms with Gasteiger partial charge in [-0.3, -0.25) is 4.79 Å². The van der Waals surface area contributed by atoms with Gasteiger partial charge >= 0.3 is 5.97 Å². The zero-order valence-electron chi connectivity index (χ0n) is 12.5. The van der Waals surface area contributed by atoms with Crippen molar-refractivity contribution in [1.29, 1.82) is 0 Å². The molecular formula is C15H21ClO4. The van der Waals surface area contributed by atoms with Crippen LogP contribution in [0.25, 0.3) is 0 Å². The van der Waals surface area contributed by atoms with Crippen LogP contribution in [-0.4, -0.2) is 25.3 Å². The molecule has 4 nitrogen and oxygen atoms in total. The number of hydrogen-bond donors (Lipinski definition) is 1. The lowest BCUT2D eigenvalue weighted by Crippen LogP contribution is -2.27. The molecule has 20 heavy (non-hydrogen) atoms. The van der Waals surface area contributed by atoms with Crippen LogP contribution in [-0.2, 0) is 17.6 Å². The first-order chi connectivity index (χ1) is 9.28. The fourth-order valence-corrected chi connectivity index (χ4v) is 2.44. The zero-order chi connectivity index (χ0) is 15.5. The maximum absolute atomic E-state index is 11.3. The Morgan fingerprint density at radius 1 is 1.30 bits per heavy atom. The third kappa shape index (κ3) is 3.18. The molecule has 5 heteroatoms. The summed E-state index contributed by atoms with van der Waals surface area (Å²) < 4.78 is 10.7. The highest BCUT2D eigenvalue weighted by molar-refractivity contribution is 6.31. The summed E-state index contributed by atoms with van der Waals surface area (Å²) in [6.07, 6.45) is 1.02. The van der Waals surface area contributed by atoms with Crippen molar-refractivity contribution in [1.82, 2.24) is 0 Å². The van der Waals surface area contributed by atoms with Gasteiger partial charge in [-0.1, -0.05) is 18.5 Å². The number of ether oxygens (including phenoxy) is 2. The Labute approximate surface area is 124 Å².